The van der Waals surface area contributed by atoms with Crippen LogP contribution in [0.1, 0.15) is 37.6 Å². The average Bonchev–Trinajstić information content (AvgIpc) is 3.04. The molecular weight excluding hydrogens is 372 g/mol. The SMILES string of the molecule is CCNC(=O)NC(=O)C(C)N1CCC(c2nc3cc(Cl)ccc3s2)CC1. The minimum Gasteiger partial charge on any atom is -0.338 e. The summed E-state index contributed by atoms with van der Waals surface area (Å²) in [5, 5.41) is 6.81. The first kappa shape index (κ1) is 19.1. The molecule has 2 heterocycles. The number of urea groups is 1. The van der Waals surface area contributed by atoms with E-state index in [9.17, 15) is 9.59 Å². The summed E-state index contributed by atoms with van der Waals surface area (Å²) >= 11 is 7.77. The average molecular weight is 395 g/mol. The van der Waals surface area contributed by atoms with Crippen molar-refractivity contribution in [3.05, 3.63) is 28.2 Å². The molecule has 0 aliphatic carbocycles. The minimum absolute atomic E-state index is 0.260. The first-order valence-corrected chi connectivity index (χ1v) is 10.1. The van der Waals surface area contributed by atoms with Crippen LogP contribution in [0, 0.1) is 0 Å². The maximum atomic E-state index is 12.2. The monoisotopic (exact) mass is 394 g/mol. The number of imide groups is 1. The molecule has 1 atom stereocenters. The molecule has 2 aromatic rings. The Hall–Kier alpha value is -1.70. The van der Waals surface area contributed by atoms with E-state index in [4.69, 9.17) is 16.6 Å². The van der Waals surface area contributed by atoms with E-state index in [1.54, 1.807) is 11.3 Å². The summed E-state index contributed by atoms with van der Waals surface area (Å²) in [7, 11) is 0. The van der Waals surface area contributed by atoms with Gasteiger partial charge in [-0.05, 0) is 58.0 Å². The molecule has 0 radical (unpaired) electrons. The van der Waals surface area contributed by atoms with Gasteiger partial charge in [-0.1, -0.05) is 11.6 Å². The summed E-state index contributed by atoms with van der Waals surface area (Å²) in [6.45, 7) is 5.77. The zero-order valence-corrected chi connectivity index (χ0v) is 16.5. The van der Waals surface area contributed by atoms with Gasteiger partial charge < -0.3 is 5.32 Å². The maximum Gasteiger partial charge on any atom is 0.321 e. The van der Waals surface area contributed by atoms with Crippen molar-refractivity contribution < 1.29 is 9.59 Å². The Kier molecular flexibility index (Phi) is 6.11. The molecule has 0 bridgehead atoms. The predicted molar refractivity (Wildman–Crippen MR) is 105 cm³/mol. The molecule has 3 rings (SSSR count). The van der Waals surface area contributed by atoms with Gasteiger partial charge in [0, 0.05) is 17.5 Å². The van der Waals surface area contributed by atoms with Gasteiger partial charge >= 0.3 is 6.03 Å². The van der Waals surface area contributed by atoms with Gasteiger partial charge in [0.05, 0.1) is 21.3 Å². The molecule has 26 heavy (non-hydrogen) atoms. The Morgan fingerprint density at radius 3 is 2.81 bits per heavy atom. The predicted octanol–water partition coefficient (Wildman–Crippen LogP) is 3.36. The second-order valence-electron chi connectivity index (χ2n) is 6.50. The Morgan fingerprint density at radius 1 is 1.38 bits per heavy atom. The second kappa shape index (κ2) is 8.33. The Labute approximate surface area is 161 Å². The first-order chi connectivity index (χ1) is 12.5. The van der Waals surface area contributed by atoms with E-state index in [1.807, 2.05) is 32.0 Å². The summed E-state index contributed by atoms with van der Waals surface area (Å²) in [5.74, 6) is 0.144. The second-order valence-corrected chi connectivity index (χ2v) is 8.00. The number of halogens is 1. The van der Waals surface area contributed by atoms with Crippen molar-refractivity contribution in [3.63, 3.8) is 0 Å². The number of aromatic nitrogens is 1. The van der Waals surface area contributed by atoms with Crippen LogP contribution in [0.4, 0.5) is 4.79 Å². The van der Waals surface area contributed by atoms with Crippen molar-refractivity contribution in [1.82, 2.24) is 20.5 Å². The molecule has 1 aromatic carbocycles. The van der Waals surface area contributed by atoms with Crippen LogP contribution in [0.15, 0.2) is 18.2 Å². The number of hydrogen-bond donors (Lipinski definition) is 2. The van der Waals surface area contributed by atoms with Crippen LogP contribution in [0.25, 0.3) is 10.2 Å². The smallest absolute Gasteiger partial charge is 0.321 e. The number of hydrogen-bond acceptors (Lipinski definition) is 5. The van der Waals surface area contributed by atoms with Crippen molar-refractivity contribution in [2.45, 2.75) is 38.6 Å². The third-order valence-electron chi connectivity index (χ3n) is 4.75. The van der Waals surface area contributed by atoms with E-state index in [2.05, 4.69) is 15.5 Å². The van der Waals surface area contributed by atoms with Crippen LogP contribution in [-0.4, -0.2) is 47.5 Å². The quantitative estimate of drug-likeness (QED) is 0.833. The van der Waals surface area contributed by atoms with E-state index in [0.717, 1.165) is 41.2 Å². The van der Waals surface area contributed by atoms with E-state index in [-0.39, 0.29) is 11.9 Å². The summed E-state index contributed by atoms with van der Waals surface area (Å²) in [5.41, 5.74) is 0.953. The number of nitrogens with zero attached hydrogens (tertiary/aromatic N) is 2. The van der Waals surface area contributed by atoms with Crippen LogP contribution >= 0.6 is 22.9 Å². The zero-order chi connectivity index (χ0) is 18.7. The molecule has 2 N–H and O–H groups in total. The number of carbonyl (C=O) groups is 2. The lowest BCUT2D eigenvalue weighted by Gasteiger charge is -2.34. The van der Waals surface area contributed by atoms with E-state index < -0.39 is 6.03 Å². The third-order valence-corrected chi connectivity index (χ3v) is 6.18. The summed E-state index contributed by atoms with van der Waals surface area (Å²) in [6.07, 6.45) is 1.90. The highest BCUT2D eigenvalue weighted by Crippen LogP contribution is 2.35. The van der Waals surface area contributed by atoms with Gasteiger partial charge in [-0.25, -0.2) is 9.78 Å². The normalized spacial score (nSPS) is 17.2. The lowest BCUT2D eigenvalue weighted by atomic mass is 9.96. The topological polar surface area (TPSA) is 74.3 Å². The van der Waals surface area contributed by atoms with Gasteiger partial charge in [0.15, 0.2) is 0 Å². The van der Waals surface area contributed by atoms with Gasteiger partial charge in [-0.2, -0.15) is 0 Å². The van der Waals surface area contributed by atoms with E-state index in [1.165, 1.54) is 0 Å². The fourth-order valence-corrected chi connectivity index (χ4v) is 4.50. The lowest BCUT2D eigenvalue weighted by Crippen LogP contribution is -2.51. The minimum atomic E-state index is -0.438. The standard InChI is InChI=1S/C18H23ClN4O2S/c1-3-20-18(25)22-16(24)11(2)23-8-6-12(7-9-23)17-21-14-10-13(19)4-5-15(14)26-17/h4-5,10-12H,3,6-9H2,1-2H3,(H2,20,22,24,25). The summed E-state index contributed by atoms with van der Waals surface area (Å²) in [4.78, 5) is 30.6. The molecule has 1 fully saturated rings. The number of thiazole rings is 1. The molecule has 1 saturated heterocycles. The number of benzene rings is 1. The molecule has 0 saturated carbocycles. The van der Waals surface area contributed by atoms with Crippen LogP contribution in [0.2, 0.25) is 5.02 Å². The Balaban J connectivity index is 1.57. The van der Waals surface area contributed by atoms with Gasteiger partial charge in [0.25, 0.3) is 0 Å². The van der Waals surface area contributed by atoms with Gasteiger partial charge in [-0.3, -0.25) is 15.0 Å². The molecule has 0 spiro atoms. The first-order valence-electron chi connectivity index (χ1n) is 8.86. The highest BCUT2D eigenvalue weighted by atomic mass is 35.5. The molecule has 3 amide bonds. The molecular formula is C18H23ClN4O2S. The fraction of sp³-hybridized carbons (Fsp3) is 0.500. The molecule has 1 unspecified atom stereocenters. The molecule has 1 aromatic heterocycles. The number of nitrogens with one attached hydrogen (secondary N) is 2. The summed E-state index contributed by atoms with van der Waals surface area (Å²) in [6, 6.07) is 5.05. The third kappa shape index (κ3) is 4.34. The van der Waals surface area contributed by atoms with Gasteiger partial charge in [0.1, 0.15) is 0 Å². The number of amides is 3. The van der Waals surface area contributed by atoms with Crippen LogP contribution in [0.5, 0.6) is 0 Å². The highest BCUT2D eigenvalue weighted by Gasteiger charge is 2.29. The number of carbonyl (C=O) groups excluding carboxylic acids is 2. The van der Waals surface area contributed by atoms with E-state index >= 15 is 0 Å². The van der Waals surface area contributed by atoms with Gasteiger partial charge in [0.2, 0.25) is 5.91 Å². The summed E-state index contributed by atoms with van der Waals surface area (Å²) < 4.78 is 1.15. The molecule has 6 nitrogen and oxygen atoms in total. The molecule has 1 aliphatic rings. The molecule has 8 heteroatoms. The van der Waals surface area contributed by atoms with E-state index in [0.29, 0.717) is 17.5 Å². The molecule has 140 valence electrons. The molecule has 1 aliphatic heterocycles. The lowest BCUT2D eigenvalue weighted by molar-refractivity contribution is -0.125. The Bertz CT molecular complexity index is 802. The van der Waals surface area contributed by atoms with Crippen molar-refractivity contribution in [3.8, 4) is 0 Å². The highest BCUT2D eigenvalue weighted by molar-refractivity contribution is 7.18. The number of rotatable bonds is 4. The fourth-order valence-electron chi connectivity index (χ4n) is 3.21. The van der Waals surface area contributed by atoms with Crippen molar-refractivity contribution in [2.75, 3.05) is 19.6 Å². The van der Waals surface area contributed by atoms with Crippen molar-refractivity contribution >= 4 is 45.1 Å². The maximum absolute atomic E-state index is 12.2. The number of piperidine rings is 1. The Morgan fingerprint density at radius 2 is 2.12 bits per heavy atom. The zero-order valence-electron chi connectivity index (χ0n) is 14.9. The van der Waals surface area contributed by atoms with Gasteiger partial charge in [-0.15, -0.1) is 11.3 Å². The van der Waals surface area contributed by atoms with Crippen molar-refractivity contribution in [1.29, 1.82) is 0 Å². The van der Waals surface area contributed by atoms with Crippen molar-refractivity contribution in [2.24, 2.45) is 0 Å². The number of fused-ring (bicyclic) bond motifs is 1. The van der Waals surface area contributed by atoms with Crippen LogP contribution in [0.3, 0.4) is 0 Å². The van der Waals surface area contributed by atoms with Crippen LogP contribution < -0.4 is 10.6 Å². The number of likely N-dealkylation sites (tertiary alicyclic amines) is 1. The largest absolute Gasteiger partial charge is 0.338 e. The van der Waals surface area contributed by atoms with Crippen LogP contribution in [-0.2, 0) is 4.79 Å².